The summed E-state index contributed by atoms with van der Waals surface area (Å²) in [7, 11) is 4.11. The summed E-state index contributed by atoms with van der Waals surface area (Å²) in [4.78, 5) is 2.11. The Morgan fingerprint density at radius 1 is 0.947 bits per heavy atom. The van der Waals surface area contributed by atoms with Gasteiger partial charge in [-0.05, 0) is 48.9 Å². The minimum absolute atomic E-state index is 0.289. The Labute approximate surface area is 123 Å². The molecule has 0 aliphatic heterocycles. The van der Waals surface area contributed by atoms with Crippen LogP contribution < -0.4 is 10.2 Å². The van der Waals surface area contributed by atoms with Gasteiger partial charge in [0, 0.05) is 36.0 Å². The number of halogens is 1. The van der Waals surface area contributed by atoms with E-state index in [-0.39, 0.29) is 6.04 Å². The standard InChI is InChI=1S/C16H19BrN2/c1-12(18-15-8-6-14(17)7-9-15)13-4-10-16(11-5-13)19(2)3/h4-12,18H,1-3H3. The summed E-state index contributed by atoms with van der Waals surface area (Å²) < 4.78 is 1.10. The molecule has 0 saturated heterocycles. The second-order valence-electron chi connectivity index (χ2n) is 4.86. The highest BCUT2D eigenvalue weighted by molar-refractivity contribution is 9.10. The molecule has 3 heteroatoms. The fraction of sp³-hybridized carbons (Fsp3) is 0.250. The SMILES string of the molecule is CC(Nc1ccc(Br)cc1)c1ccc(N(C)C)cc1. The van der Waals surface area contributed by atoms with Gasteiger partial charge in [0.25, 0.3) is 0 Å². The first-order valence-electron chi connectivity index (χ1n) is 6.35. The fourth-order valence-electron chi connectivity index (χ4n) is 1.94. The van der Waals surface area contributed by atoms with Crippen LogP contribution in [-0.2, 0) is 0 Å². The molecule has 100 valence electrons. The molecule has 0 bridgehead atoms. The number of nitrogens with one attached hydrogen (secondary N) is 1. The average Bonchev–Trinajstić information content (AvgIpc) is 2.41. The van der Waals surface area contributed by atoms with Crippen molar-refractivity contribution in [1.82, 2.24) is 0 Å². The van der Waals surface area contributed by atoms with Gasteiger partial charge in [0.15, 0.2) is 0 Å². The third kappa shape index (κ3) is 3.74. The molecule has 1 atom stereocenters. The van der Waals surface area contributed by atoms with Crippen LogP contribution in [0.2, 0.25) is 0 Å². The van der Waals surface area contributed by atoms with Gasteiger partial charge >= 0.3 is 0 Å². The first-order valence-corrected chi connectivity index (χ1v) is 7.15. The van der Waals surface area contributed by atoms with Crippen molar-refractivity contribution in [2.24, 2.45) is 0 Å². The molecule has 1 N–H and O–H groups in total. The Bertz CT molecular complexity index is 517. The molecule has 0 saturated carbocycles. The smallest absolute Gasteiger partial charge is 0.0485 e. The number of hydrogen-bond donors (Lipinski definition) is 1. The van der Waals surface area contributed by atoms with E-state index in [2.05, 4.69) is 83.6 Å². The summed E-state index contributed by atoms with van der Waals surface area (Å²) >= 11 is 3.45. The van der Waals surface area contributed by atoms with Gasteiger partial charge in [-0.1, -0.05) is 28.1 Å². The number of benzene rings is 2. The number of hydrogen-bond acceptors (Lipinski definition) is 2. The maximum absolute atomic E-state index is 3.50. The van der Waals surface area contributed by atoms with Crippen molar-refractivity contribution in [3.8, 4) is 0 Å². The van der Waals surface area contributed by atoms with Crippen LogP contribution in [0.1, 0.15) is 18.5 Å². The van der Waals surface area contributed by atoms with Crippen LogP contribution in [0.5, 0.6) is 0 Å². The molecule has 0 radical (unpaired) electrons. The second kappa shape index (κ2) is 6.11. The van der Waals surface area contributed by atoms with Gasteiger partial charge in [-0.2, -0.15) is 0 Å². The minimum Gasteiger partial charge on any atom is -0.379 e. The molecule has 2 rings (SSSR count). The molecular weight excluding hydrogens is 300 g/mol. The van der Waals surface area contributed by atoms with E-state index in [4.69, 9.17) is 0 Å². The third-order valence-electron chi connectivity index (χ3n) is 3.14. The summed E-state index contributed by atoms with van der Waals surface area (Å²) in [6.07, 6.45) is 0. The van der Waals surface area contributed by atoms with Crippen LogP contribution in [0.4, 0.5) is 11.4 Å². The van der Waals surface area contributed by atoms with E-state index in [9.17, 15) is 0 Å². The van der Waals surface area contributed by atoms with Crippen LogP contribution in [0.3, 0.4) is 0 Å². The van der Waals surface area contributed by atoms with Crippen molar-refractivity contribution < 1.29 is 0 Å². The van der Waals surface area contributed by atoms with Crippen LogP contribution >= 0.6 is 15.9 Å². The molecule has 0 aliphatic rings. The number of nitrogens with zero attached hydrogens (tertiary/aromatic N) is 1. The first-order chi connectivity index (χ1) is 9.06. The Hall–Kier alpha value is -1.48. The number of rotatable bonds is 4. The molecule has 1 unspecified atom stereocenters. The van der Waals surface area contributed by atoms with Crippen molar-refractivity contribution >= 4 is 27.3 Å². The van der Waals surface area contributed by atoms with E-state index in [1.54, 1.807) is 0 Å². The Kier molecular flexibility index (Phi) is 4.48. The molecule has 0 fully saturated rings. The lowest BCUT2D eigenvalue weighted by Gasteiger charge is -2.18. The van der Waals surface area contributed by atoms with Gasteiger partial charge in [0.1, 0.15) is 0 Å². The highest BCUT2D eigenvalue weighted by Gasteiger charge is 2.05. The number of anilines is 2. The molecule has 2 nitrogen and oxygen atoms in total. The predicted octanol–water partition coefficient (Wildman–Crippen LogP) is 4.69. The Balaban J connectivity index is 2.07. The van der Waals surface area contributed by atoms with Crippen LogP contribution in [0, 0.1) is 0 Å². The van der Waals surface area contributed by atoms with Gasteiger partial charge in [-0.3, -0.25) is 0 Å². The van der Waals surface area contributed by atoms with Crippen LogP contribution in [0.15, 0.2) is 53.0 Å². The van der Waals surface area contributed by atoms with Crippen molar-refractivity contribution in [1.29, 1.82) is 0 Å². The van der Waals surface area contributed by atoms with Crippen LogP contribution in [0.25, 0.3) is 0 Å². The molecule has 2 aromatic rings. The van der Waals surface area contributed by atoms with E-state index >= 15 is 0 Å². The van der Waals surface area contributed by atoms with E-state index in [0.29, 0.717) is 0 Å². The highest BCUT2D eigenvalue weighted by atomic mass is 79.9. The molecule has 0 spiro atoms. The molecule has 0 amide bonds. The predicted molar refractivity (Wildman–Crippen MR) is 86.9 cm³/mol. The summed E-state index contributed by atoms with van der Waals surface area (Å²) in [5, 5.41) is 3.50. The molecule has 19 heavy (non-hydrogen) atoms. The summed E-state index contributed by atoms with van der Waals surface area (Å²) in [6.45, 7) is 2.17. The second-order valence-corrected chi connectivity index (χ2v) is 5.77. The minimum atomic E-state index is 0.289. The van der Waals surface area contributed by atoms with E-state index in [1.807, 2.05) is 12.1 Å². The van der Waals surface area contributed by atoms with Crippen molar-refractivity contribution in [2.75, 3.05) is 24.3 Å². The topological polar surface area (TPSA) is 15.3 Å². The van der Waals surface area contributed by atoms with Crippen molar-refractivity contribution in [2.45, 2.75) is 13.0 Å². The Morgan fingerprint density at radius 3 is 2.05 bits per heavy atom. The molecule has 0 aliphatic carbocycles. The monoisotopic (exact) mass is 318 g/mol. The summed E-state index contributed by atoms with van der Waals surface area (Å²) in [6, 6.07) is 17.2. The largest absolute Gasteiger partial charge is 0.379 e. The molecular formula is C16H19BrN2. The average molecular weight is 319 g/mol. The van der Waals surface area contributed by atoms with Gasteiger partial charge in [0.05, 0.1) is 0 Å². The molecule has 0 aromatic heterocycles. The van der Waals surface area contributed by atoms with Gasteiger partial charge < -0.3 is 10.2 Å². The van der Waals surface area contributed by atoms with Crippen molar-refractivity contribution in [3.63, 3.8) is 0 Å². The third-order valence-corrected chi connectivity index (χ3v) is 3.67. The summed E-state index contributed by atoms with van der Waals surface area (Å²) in [5.74, 6) is 0. The zero-order valence-electron chi connectivity index (χ0n) is 11.5. The molecule has 0 heterocycles. The lowest BCUT2D eigenvalue weighted by molar-refractivity contribution is 0.884. The lowest BCUT2D eigenvalue weighted by Crippen LogP contribution is -2.10. The zero-order chi connectivity index (χ0) is 13.8. The fourth-order valence-corrected chi connectivity index (χ4v) is 2.20. The van der Waals surface area contributed by atoms with Crippen molar-refractivity contribution in [3.05, 3.63) is 58.6 Å². The normalized spacial score (nSPS) is 12.0. The zero-order valence-corrected chi connectivity index (χ0v) is 13.1. The van der Waals surface area contributed by atoms with Gasteiger partial charge in [-0.25, -0.2) is 0 Å². The first kappa shape index (κ1) is 13.9. The summed E-state index contributed by atoms with van der Waals surface area (Å²) in [5.41, 5.74) is 3.64. The van der Waals surface area contributed by atoms with Gasteiger partial charge in [-0.15, -0.1) is 0 Å². The highest BCUT2D eigenvalue weighted by Crippen LogP contribution is 2.22. The van der Waals surface area contributed by atoms with E-state index in [1.165, 1.54) is 11.3 Å². The van der Waals surface area contributed by atoms with E-state index in [0.717, 1.165) is 10.2 Å². The maximum Gasteiger partial charge on any atom is 0.0485 e. The quantitative estimate of drug-likeness (QED) is 0.879. The van der Waals surface area contributed by atoms with Crippen LogP contribution in [-0.4, -0.2) is 14.1 Å². The maximum atomic E-state index is 3.50. The van der Waals surface area contributed by atoms with Gasteiger partial charge in [0.2, 0.25) is 0 Å². The van der Waals surface area contributed by atoms with E-state index < -0.39 is 0 Å². The molecule has 2 aromatic carbocycles. The Morgan fingerprint density at radius 2 is 1.53 bits per heavy atom. The lowest BCUT2D eigenvalue weighted by atomic mass is 10.1.